The summed E-state index contributed by atoms with van der Waals surface area (Å²) in [7, 11) is 0. The summed E-state index contributed by atoms with van der Waals surface area (Å²) in [5, 5.41) is 10.9. The minimum Gasteiger partial charge on any atom is -0.344 e. The molecule has 0 spiro atoms. The summed E-state index contributed by atoms with van der Waals surface area (Å²) in [5.41, 5.74) is 10.1. The quantitative estimate of drug-likeness (QED) is 0.196. The van der Waals surface area contributed by atoms with Crippen LogP contribution in [-0.4, -0.2) is 20.9 Å². The summed E-state index contributed by atoms with van der Waals surface area (Å²) in [6.07, 6.45) is -0.311. The molecule has 254 valence electrons. The van der Waals surface area contributed by atoms with Crippen molar-refractivity contribution in [1.29, 1.82) is 0 Å². The molecule has 11 rings (SSSR count). The smallest absolute Gasteiger partial charge is 0.234 e. The standard InChI is InChI=1S/C49H33N5/c1-4-15-33(16-5-1)47-50-48(34-17-6-2-7-18-34)52-49(51-47)54-44-29-25-32-14-10-11-21-38(32)46(44)40-27-24-36(31-45(40)54)35-26-28-43-41(30-35)39-22-12-13-23-42(39)53(43)37-19-8-3-9-20-37/h1-31,47H,(H,50,51,52). The molecule has 10 aromatic rings. The number of nitrogens with zero attached hydrogens (tertiary/aromatic N) is 4. The molecule has 3 heterocycles. The molecule has 0 saturated carbocycles. The van der Waals surface area contributed by atoms with Crippen LogP contribution in [-0.2, 0) is 0 Å². The zero-order valence-electron chi connectivity index (χ0n) is 29.3. The fourth-order valence-electron chi connectivity index (χ4n) is 8.27. The molecule has 2 aromatic heterocycles. The highest BCUT2D eigenvalue weighted by Gasteiger charge is 2.25. The van der Waals surface area contributed by atoms with Gasteiger partial charge in [-0.1, -0.05) is 146 Å². The molecule has 0 aliphatic carbocycles. The van der Waals surface area contributed by atoms with Gasteiger partial charge in [0.15, 0.2) is 0 Å². The molecule has 8 aromatic carbocycles. The first-order chi connectivity index (χ1) is 26.8. The molecule has 0 amide bonds. The maximum absolute atomic E-state index is 5.34. The van der Waals surface area contributed by atoms with Gasteiger partial charge in [0.25, 0.3) is 0 Å². The monoisotopic (exact) mass is 691 g/mol. The van der Waals surface area contributed by atoms with Crippen molar-refractivity contribution in [3.8, 4) is 16.8 Å². The van der Waals surface area contributed by atoms with E-state index in [0.29, 0.717) is 5.96 Å². The first-order valence-electron chi connectivity index (χ1n) is 18.4. The number of benzene rings is 8. The Bertz CT molecular complexity index is 3120. The summed E-state index contributed by atoms with van der Waals surface area (Å²) in [6.45, 7) is 0. The average Bonchev–Trinajstić information content (AvgIpc) is 3.77. The van der Waals surface area contributed by atoms with Crippen LogP contribution < -0.4 is 5.32 Å². The van der Waals surface area contributed by atoms with Crippen molar-refractivity contribution in [2.45, 2.75) is 6.17 Å². The van der Waals surface area contributed by atoms with E-state index >= 15 is 0 Å². The second-order valence-corrected chi connectivity index (χ2v) is 13.9. The Morgan fingerprint density at radius 1 is 0.426 bits per heavy atom. The average molecular weight is 692 g/mol. The first kappa shape index (κ1) is 30.4. The van der Waals surface area contributed by atoms with Crippen molar-refractivity contribution in [3.63, 3.8) is 0 Å². The van der Waals surface area contributed by atoms with E-state index in [4.69, 9.17) is 9.98 Å². The molecule has 1 unspecified atom stereocenters. The van der Waals surface area contributed by atoms with E-state index in [1.165, 1.54) is 43.4 Å². The van der Waals surface area contributed by atoms with Crippen molar-refractivity contribution in [1.82, 2.24) is 14.5 Å². The van der Waals surface area contributed by atoms with Gasteiger partial charge in [-0.2, -0.15) is 4.99 Å². The van der Waals surface area contributed by atoms with Crippen molar-refractivity contribution in [3.05, 3.63) is 199 Å². The number of hydrogen-bond donors (Lipinski definition) is 1. The minimum atomic E-state index is -0.311. The molecule has 5 heteroatoms. The van der Waals surface area contributed by atoms with Crippen LogP contribution >= 0.6 is 0 Å². The fourth-order valence-corrected chi connectivity index (χ4v) is 8.27. The van der Waals surface area contributed by atoms with Crippen LogP contribution in [0.3, 0.4) is 0 Å². The lowest BCUT2D eigenvalue weighted by molar-refractivity contribution is 0.668. The van der Waals surface area contributed by atoms with Crippen molar-refractivity contribution in [2.75, 3.05) is 0 Å². The van der Waals surface area contributed by atoms with E-state index in [2.05, 4.69) is 190 Å². The van der Waals surface area contributed by atoms with Crippen LogP contribution in [0.5, 0.6) is 0 Å². The Morgan fingerprint density at radius 2 is 1.07 bits per heavy atom. The van der Waals surface area contributed by atoms with E-state index < -0.39 is 0 Å². The van der Waals surface area contributed by atoms with E-state index in [0.717, 1.165) is 44.8 Å². The molecule has 0 saturated heterocycles. The molecule has 1 aliphatic rings. The lowest BCUT2D eigenvalue weighted by Gasteiger charge is -2.24. The van der Waals surface area contributed by atoms with Crippen molar-refractivity contribution >= 4 is 66.2 Å². The number of aromatic nitrogens is 2. The van der Waals surface area contributed by atoms with Gasteiger partial charge in [0.1, 0.15) is 12.0 Å². The molecule has 0 radical (unpaired) electrons. The lowest BCUT2D eigenvalue weighted by atomic mass is 10.00. The second-order valence-electron chi connectivity index (χ2n) is 13.9. The Morgan fingerprint density at radius 3 is 1.91 bits per heavy atom. The third-order valence-corrected chi connectivity index (χ3v) is 10.8. The van der Waals surface area contributed by atoms with Gasteiger partial charge in [-0.25, -0.2) is 4.99 Å². The number of fused-ring (bicyclic) bond motifs is 8. The van der Waals surface area contributed by atoms with Gasteiger partial charge in [-0.05, 0) is 69.9 Å². The molecule has 5 nitrogen and oxygen atoms in total. The Hall–Kier alpha value is -7.24. The summed E-state index contributed by atoms with van der Waals surface area (Å²) < 4.78 is 4.63. The third-order valence-electron chi connectivity index (χ3n) is 10.8. The van der Waals surface area contributed by atoms with Gasteiger partial charge in [0.05, 0.1) is 22.1 Å². The maximum Gasteiger partial charge on any atom is 0.234 e. The molecule has 1 N–H and O–H groups in total. The van der Waals surface area contributed by atoms with Crippen molar-refractivity contribution in [2.24, 2.45) is 9.98 Å². The van der Waals surface area contributed by atoms with E-state index in [9.17, 15) is 0 Å². The summed E-state index contributed by atoms with van der Waals surface area (Å²) in [4.78, 5) is 10.6. The van der Waals surface area contributed by atoms with Crippen LogP contribution in [0.4, 0.5) is 0 Å². The highest BCUT2D eigenvalue weighted by molar-refractivity contribution is 6.25. The SMILES string of the molecule is c1ccc(C2=NC(n3c4cc(-c5ccc6c(c5)c5ccccc5n6-c5ccccc5)ccc4c4c5ccccc5ccc43)=NC(c3ccccc3)N2)cc1. The highest BCUT2D eigenvalue weighted by atomic mass is 15.3. The summed E-state index contributed by atoms with van der Waals surface area (Å²) >= 11 is 0. The largest absolute Gasteiger partial charge is 0.344 e. The Kier molecular flexibility index (Phi) is 6.85. The van der Waals surface area contributed by atoms with Gasteiger partial charge >= 0.3 is 0 Å². The number of aliphatic imine (C=N–C) groups is 2. The lowest BCUT2D eigenvalue weighted by Crippen LogP contribution is -2.35. The van der Waals surface area contributed by atoms with Crippen LogP contribution in [0.1, 0.15) is 17.3 Å². The first-order valence-corrected chi connectivity index (χ1v) is 18.4. The Labute approximate surface area is 311 Å². The fraction of sp³-hybridized carbons (Fsp3) is 0.0204. The normalized spacial score (nSPS) is 14.5. The third kappa shape index (κ3) is 4.79. The van der Waals surface area contributed by atoms with Gasteiger partial charge < -0.3 is 9.88 Å². The minimum absolute atomic E-state index is 0.311. The van der Waals surface area contributed by atoms with E-state index in [-0.39, 0.29) is 6.17 Å². The molecular weight excluding hydrogens is 659 g/mol. The Balaban J connectivity index is 1.16. The summed E-state index contributed by atoms with van der Waals surface area (Å²) in [5.74, 6) is 1.44. The number of para-hydroxylation sites is 2. The predicted octanol–water partition coefficient (Wildman–Crippen LogP) is 11.7. The molecule has 0 fully saturated rings. The molecule has 0 bridgehead atoms. The van der Waals surface area contributed by atoms with Crippen LogP contribution in [0.15, 0.2) is 198 Å². The topological polar surface area (TPSA) is 46.6 Å². The number of rotatable bonds is 4. The van der Waals surface area contributed by atoms with Gasteiger partial charge in [0.2, 0.25) is 5.96 Å². The summed E-state index contributed by atoms with van der Waals surface area (Å²) in [6, 6.07) is 66.9. The predicted molar refractivity (Wildman–Crippen MR) is 225 cm³/mol. The van der Waals surface area contributed by atoms with E-state index in [1.807, 2.05) is 12.1 Å². The zero-order valence-corrected chi connectivity index (χ0v) is 29.3. The molecular formula is C49H33N5. The number of nitrogens with one attached hydrogen (secondary N) is 1. The van der Waals surface area contributed by atoms with Crippen LogP contribution in [0, 0.1) is 0 Å². The van der Waals surface area contributed by atoms with Crippen LogP contribution in [0.2, 0.25) is 0 Å². The number of hydrogen-bond acceptors (Lipinski definition) is 3. The number of amidine groups is 1. The van der Waals surface area contributed by atoms with Crippen molar-refractivity contribution < 1.29 is 0 Å². The second kappa shape index (κ2) is 12.2. The molecule has 54 heavy (non-hydrogen) atoms. The van der Waals surface area contributed by atoms with Crippen LogP contribution in [0.25, 0.3) is 71.2 Å². The maximum atomic E-state index is 5.34. The van der Waals surface area contributed by atoms with E-state index in [1.54, 1.807) is 0 Å². The molecule has 1 atom stereocenters. The van der Waals surface area contributed by atoms with Gasteiger partial charge in [-0.3, -0.25) is 4.57 Å². The molecule has 1 aliphatic heterocycles. The highest BCUT2D eigenvalue weighted by Crippen LogP contribution is 2.39. The van der Waals surface area contributed by atoms with Gasteiger partial charge in [0, 0.05) is 32.8 Å². The van der Waals surface area contributed by atoms with Gasteiger partial charge in [-0.15, -0.1) is 0 Å². The zero-order chi connectivity index (χ0) is 35.6.